The molecular formula is C10H5ClFN3. The molecule has 0 saturated carbocycles. The topological polar surface area (TPSA) is 52.5 Å². The molecular weight excluding hydrogens is 217 g/mol. The van der Waals surface area contributed by atoms with Crippen LogP contribution in [0.3, 0.4) is 0 Å². The molecule has 0 aliphatic heterocycles. The molecule has 1 aromatic heterocycles. The number of H-pyrrole nitrogens is 1. The number of nitriles is 1. The standard InChI is InChI=1S/C10H5ClFN3/c11-7-3-6(1-2-8(7)12)10-9(4-13)14-5-15-10/h1-3,5H,(H,14,15). The highest BCUT2D eigenvalue weighted by molar-refractivity contribution is 6.31. The van der Waals surface area contributed by atoms with Gasteiger partial charge in [-0.2, -0.15) is 5.26 Å². The lowest BCUT2D eigenvalue weighted by molar-refractivity contribution is 0.628. The minimum absolute atomic E-state index is 0.0194. The van der Waals surface area contributed by atoms with Gasteiger partial charge in [0.1, 0.15) is 11.9 Å². The van der Waals surface area contributed by atoms with Crippen LogP contribution in [0.15, 0.2) is 24.5 Å². The van der Waals surface area contributed by atoms with Crippen molar-refractivity contribution in [1.29, 1.82) is 5.26 Å². The lowest BCUT2D eigenvalue weighted by atomic mass is 10.1. The molecule has 0 aliphatic rings. The second kappa shape index (κ2) is 3.71. The first-order chi connectivity index (χ1) is 7.22. The fourth-order valence-electron chi connectivity index (χ4n) is 1.25. The Bertz CT molecular complexity index is 542. The van der Waals surface area contributed by atoms with Crippen molar-refractivity contribution in [3.05, 3.63) is 41.1 Å². The Balaban J connectivity index is 2.56. The van der Waals surface area contributed by atoms with Gasteiger partial charge in [0.05, 0.1) is 17.0 Å². The third kappa shape index (κ3) is 1.69. The number of imidazole rings is 1. The zero-order chi connectivity index (χ0) is 10.8. The number of nitrogens with one attached hydrogen (secondary N) is 1. The zero-order valence-electron chi connectivity index (χ0n) is 7.46. The Hall–Kier alpha value is -1.86. The van der Waals surface area contributed by atoms with E-state index in [2.05, 4.69) is 9.97 Å². The van der Waals surface area contributed by atoms with Gasteiger partial charge in [0.2, 0.25) is 0 Å². The van der Waals surface area contributed by atoms with E-state index < -0.39 is 5.82 Å². The van der Waals surface area contributed by atoms with Crippen molar-refractivity contribution < 1.29 is 4.39 Å². The van der Waals surface area contributed by atoms with Gasteiger partial charge in [-0.05, 0) is 18.2 Å². The van der Waals surface area contributed by atoms with Gasteiger partial charge in [-0.15, -0.1) is 0 Å². The highest BCUT2D eigenvalue weighted by Gasteiger charge is 2.09. The van der Waals surface area contributed by atoms with Crippen LogP contribution in [0.4, 0.5) is 4.39 Å². The molecule has 1 heterocycles. The van der Waals surface area contributed by atoms with Crippen molar-refractivity contribution in [2.24, 2.45) is 0 Å². The molecule has 3 nitrogen and oxygen atoms in total. The van der Waals surface area contributed by atoms with Gasteiger partial charge in [-0.25, -0.2) is 9.37 Å². The summed E-state index contributed by atoms with van der Waals surface area (Å²) in [4.78, 5) is 6.61. The second-order valence-corrected chi connectivity index (χ2v) is 3.27. The second-order valence-electron chi connectivity index (χ2n) is 2.87. The average molecular weight is 222 g/mol. The summed E-state index contributed by atoms with van der Waals surface area (Å²) >= 11 is 5.63. The normalized spacial score (nSPS) is 9.93. The molecule has 0 radical (unpaired) electrons. The lowest BCUT2D eigenvalue weighted by Crippen LogP contribution is -1.84. The van der Waals surface area contributed by atoms with Crippen LogP contribution in [0, 0.1) is 17.1 Å². The van der Waals surface area contributed by atoms with E-state index in [1.807, 2.05) is 6.07 Å². The first kappa shape index (κ1) is 9.69. The van der Waals surface area contributed by atoms with E-state index in [0.29, 0.717) is 11.3 Å². The maximum Gasteiger partial charge on any atom is 0.166 e. The predicted molar refractivity (Wildman–Crippen MR) is 53.7 cm³/mol. The fourth-order valence-corrected chi connectivity index (χ4v) is 1.43. The Labute approximate surface area is 90.1 Å². The SMILES string of the molecule is N#Cc1nc[nH]c1-c1ccc(F)c(Cl)c1. The van der Waals surface area contributed by atoms with Crippen molar-refractivity contribution in [1.82, 2.24) is 9.97 Å². The highest BCUT2D eigenvalue weighted by atomic mass is 35.5. The van der Waals surface area contributed by atoms with Gasteiger partial charge in [-0.3, -0.25) is 0 Å². The minimum Gasteiger partial charge on any atom is -0.343 e. The molecule has 1 N–H and O–H groups in total. The van der Waals surface area contributed by atoms with Crippen LogP contribution >= 0.6 is 11.6 Å². The van der Waals surface area contributed by atoms with Crippen LogP contribution in [-0.2, 0) is 0 Å². The summed E-state index contributed by atoms with van der Waals surface area (Å²) in [5, 5.41) is 8.77. The molecule has 1 aromatic carbocycles. The summed E-state index contributed by atoms with van der Waals surface area (Å²) in [7, 11) is 0. The molecule has 0 fully saturated rings. The van der Waals surface area contributed by atoms with E-state index >= 15 is 0 Å². The fraction of sp³-hybridized carbons (Fsp3) is 0. The van der Waals surface area contributed by atoms with Crippen LogP contribution in [0.5, 0.6) is 0 Å². The Morgan fingerprint density at radius 3 is 2.93 bits per heavy atom. The van der Waals surface area contributed by atoms with E-state index in [4.69, 9.17) is 16.9 Å². The third-order valence-corrected chi connectivity index (χ3v) is 2.24. The molecule has 74 valence electrons. The van der Waals surface area contributed by atoms with E-state index in [0.717, 1.165) is 0 Å². The van der Waals surface area contributed by atoms with E-state index in [1.165, 1.54) is 24.5 Å². The number of hydrogen-bond acceptors (Lipinski definition) is 2. The monoisotopic (exact) mass is 221 g/mol. The molecule has 0 bridgehead atoms. The summed E-state index contributed by atoms with van der Waals surface area (Å²) in [6.45, 7) is 0. The minimum atomic E-state index is -0.488. The molecule has 2 aromatic rings. The molecule has 0 amide bonds. The van der Waals surface area contributed by atoms with Crippen LogP contribution < -0.4 is 0 Å². The van der Waals surface area contributed by atoms with Crippen LogP contribution in [0.25, 0.3) is 11.3 Å². The summed E-state index contributed by atoms with van der Waals surface area (Å²) in [5.41, 5.74) is 1.44. The lowest BCUT2D eigenvalue weighted by Gasteiger charge is -1.99. The maximum atomic E-state index is 12.9. The molecule has 15 heavy (non-hydrogen) atoms. The average Bonchev–Trinajstić information content (AvgIpc) is 2.70. The number of aromatic nitrogens is 2. The van der Waals surface area contributed by atoms with Crippen LogP contribution in [-0.4, -0.2) is 9.97 Å². The molecule has 0 unspecified atom stereocenters. The number of benzene rings is 1. The van der Waals surface area contributed by atoms with Crippen LogP contribution in [0.1, 0.15) is 5.69 Å². The molecule has 0 aliphatic carbocycles. The highest BCUT2D eigenvalue weighted by Crippen LogP contribution is 2.24. The van der Waals surface area contributed by atoms with E-state index in [9.17, 15) is 4.39 Å². The molecule has 0 saturated heterocycles. The molecule has 0 atom stereocenters. The number of halogens is 2. The number of rotatable bonds is 1. The summed E-state index contributed by atoms with van der Waals surface area (Å²) in [6, 6.07) is 6.17. The molecule has 0 spiro atoms. The predicted octanol–water partition coefficient (Wildman–Crippen LogP) is 2.74. The van der Waals surface area contributed by atoms with Crippen LogP contribution in [0.2, 0.25) is 5.02 Å². The third-order valence-electron chi connectivity index (χ3n) is 1.95. The van der Waals surface area contributed by atoms with Gasteiger partial charge < -0.3 is 4.98 Å². The first-order valence-corrected chi connectivity index (χ1v) is 4.49. The van der Waals surface area contributed by atoms with E-state index in [1.54, 1.807) is 0 Å². The van der Waals surface area contributed by atoms with Crippen molar-refractivity contribution in [2.45, 2.75) is 0 Å². The largest absolute Gasteiger partial charge is 0.343 e. The Kier molecular flexibility index (Phi) is 2.40. The number of nitrogens with zero attached hydrogens (tertiary/aromatic N) is 2. The smallest absolute Gasteiger partial charge is 0.166 e. The Morgan fingerprint density at radius 2 is 2.27 bits per heavy atom. The van der Waals surface area contributed by atoms with Gasteiger partial charge in [0, 0.05) is 5.56 Å². The summed E-state index contributed by atoms with van der Waals surface area (Å²) < 4.78 is 12.9. The van der Waals surface area contributed by atoms with E-state index in [-0.39, 0.29) is 10.7 Å². The van der Waals surface area contributed by atoms with Gasteiger partial charge in [0.15, 0.2) is 5.69 Å². The maximum absolute atomic E-state index is 12.9. The van der Waals surface area contributed by atoms with Gasteiger partial charge in [-0.1, -0.05) is 11.6 Å². The first-order valence-electron chi connectivity index (χ1n) is 4.11. The number of aromatic amines is 1. The zero-order valence-corrected chi connectivity index (χ0v) is 8.22. The summed E-state index contributed by atoms with van der Waals surface area (Å²) in [5.74, 6) is -0.488. The molecule has 2 rings (SSSR count). The van der Waals surface area contributed by atoms with Crippen molar-refractivity contribution in [3.8, 4) is 17.3 Å². The van der Waals surface area contributed by atoms with Gasteiger partial charge in [0.25, 0.3) is 0 Å². The summed E-state index contributed by atoms with van der Waals surface area (Å²) in [6.07, 6.45) is 1.41. The van der Waals surface area contributed by atoms with Crippen molar-refractivity contribution in [3.63, 3.8) is 0 Å². The number of hydrogen-bond donors (Lipinski definition) is 1. The quantitative estimate of drug-likeness (QED) is 0.805. The molecule has 5 heteroatoms. The Morgan fingerprint density at radius 1 is 1.47 bits per heavy atom. The van der Waals surface area contributed by atoms with Crippen molar-refractivity contribution >= 4 is 11.6 Å². The van der Waals surface area contributed by atoms with Crippen molar-refractivity contribution in [2.75, 3.05) is 0 Å². The van der Waals surface area contributed by atoms with Gasteiger partial charge >= 0.3 is 0 Å².